The molecule has 0 N–H and O–H groups in total. The largest absolute Gasteiger partial charge is 0.473 e. The number of pyridine rings is 1. The Morgan fingerprint density at radius 2 is 1.93 bits per heavy atom. The molecule has 7 nitrogen and oxygen atoms in total. The second-order valence-corrected chi connectivity index (χ2v) is 7.76. The number of benzene rings is 1. The normalized spacial score (nSPS) is 11.3. The maximum Gasteiger partial charge on any atom is 0.339 e. The van der Waals surface area contributed by atoms with Crippen LogP contribution in [0.5, 0.6) is 5.88 Å². The molecule has 29 heavy (non-hydrogen) atoms. The molecule has 3 rings (SSSR count). The zero-order valence-corrected chi connectivity index (χ0v) is 16.2. The number of carbonyl (C=O) groups excluding carboxylic acids is 1. The maximum atomic E-state index is 13.9. The van der Waals surface area contributed by atoms with E-state index < -0.39 is 34.2 Å². The Kier molecular flexibility index (Phi) is 5.64. The summed E-state index contributed by atoms with van der Waals surface area (Å²) >= 11 is 0. The van der Waals surface area contributed by atoms with E-state index in [1.165, 1.54) is 18.2 Å². The van der Waals surface area contributed by atoms with E-state index in [9.17, 15) is 22.0 Å². The minimum absolute atomic E-state index is 0.00449. The number of hydrogen-bond donors (Lipinski definition) is 0. The zero-order chi connectivity index (χ0) is 21.2. The predicted molar refractivity (Wildman–Crippen MR) is 98.0 cm³/mol. The minimum Gasteiger partial charge on any atom is -0.473 e. The van der Waals surface area contributed by atoms with Gasteiger partial charge in [0.15, 0.2) is 5.03 Å². The lowest BCUT2D eigenvalue weighted by atomic mass is 10.2. The summed E-state index contributed by atoms with van der Waals surface area (Å²) in [6, 6.07) is 8.51. The van der Waals surface area contributed by atoms with E-state index in [1.54, 1.807) is 13.0 Å². The zero-order valence-electron chi connectivity index (χ0n) is 15.4. The monoisotopic (exact) mass is 422 g/mol. The van der Waals surface area contributed by atoms with Gasteiger partial charge in [-0.3, -0.25) is 0 Å². The molecule has 0 radical (unpaired) electrons. The van der Waals surface area contributed by atoms with Crippen molar-refractivity contribution >= 4 is 16.0 Å². The molecule has 0 fully saturated rings. The van der Waals surface area contributed by atoms with Crippen LogP contribution in [0.2, 0.25) is 0 Å². The first-order chi connectivity index (χ1) is 13.7. The van der Waals surface area contributed by atoms with Crippen LogP contribution in [0, 0.1) is 18.6 Å². The first kappa shape index (κ1) is 20.5. The third-order valence-corrected chi connectivity index (χ3v) is 5.51. The summed E-state index contributed by atoms with van der Waals surface area (Å²) in [7, 11) is -3.07. The van der Waals surface area contributed by atoms with Crippen LogP contribution >= 0.6 is 0 Å². The van der Waals surface area contributed by atoms with Crippen molar-refractivity contribution in [3.63, 3.8) is 0 Å². The average Bonchev–Trinajstić information content (AvgIpc) is 3.12. The van der Waals surface area contributed by atoms with Crippen molar-refractivity contribution < 1.29 is 31.5 Å². The van der Waals surface area contributed by atoms with Crippen molar-refractivity contribution in [2.24, 2.45) is 0 Å². The Hall–Kier alpha value is -3.27. The molecule has 2 aromatic heterocycles. The van der Waals surface area contributed by atoms with Crippen molar-refractivity contribution in [2.75, 3.05) is 7.11 Å². The van der Waals surface area contributed by atoms with Crippen LogP contribution in [0.1, 0.15) is 21.6 Å². The van der Waals surface area contributed by atoms with Crippen molar-refractivity contribution in [3.8, 4) is 5.88 Å². The lowest BCUT2D eigenvalue weighted by Gasteiger charge is -2.11. The van der Waals surface area contributed by atoms with Crippen LogP contribution in [-0.4, -0.2) is 30.5 Å². The molecule has 2 heterocycles. The summed E-state index contributed by atoms with van der Waals surface area (Å²) < 4.78 is 63.7. The Balaban J connectivity index is 2.02. The lowest BCUT2D eigenvalue weighted by molar-refractivity contribution is 0.0600. The molecule has 0 amide bonds. The van der Waals surface area contributed by atoms with E-state index in [-0.39, 0.29) is 22.0 Å². The van der Waals surface area contributed by atoms with E-state index in [0.29, 0.717) is 11.8 Å². The highest BCUT2D eigenvalue weighted by molar-refractivity contribution is 7.89. The van der Waals surface area contributed by atoms with E-state index in [0.717, 1.165) is 29.4 Å². The molecule has 0 aliphatic rings. The number of rotatable bonds is 6. The molecular formula is C19H16F2N2O5S. The van der Waals surface area contributed by atoms with Gasteiger partial charge >= 0.3 is 5.97 Å². The van der Waals surface area contributed by atoms with Crippen molar-refractivity contribution in [2.45, 2.75) is 18.6 Å². The number of aromatic nitrogens is 2. The Morgan fingerprint density at radius 1 is 1.17 bits per heavy atom. The molecule has 1 aromatic carbocycles. The Labute approximate surface area is 165 Å². The van der Waals surface area contributed by atoms with Crippen LogP contribution < -0.4 is 4.74 Å². The van der Waals surface area contributed by atoms with Gasteiger partial charge in [-0.2, -0.15) is 8.42 Å². The maximum absolute atomic E-state index is 13.9. The molecule has 0 atom stereocenters. The summed E-state index contributed by atoms with van der Waals surface area (Å²) in [4.78, 5) is 15.9. The summed E-state index contributed by atoms with van der Waals surface area (Å²) in [5.74, 6) is -2.64. The predicted octanol–water partition coefficient (Wildman–Crippen LogP) is 3.07. The number of aryl methyl sites for hydroxylation is 1. The van der Waals surface area contributed by atoms with Gasteiger partial charge in [0.05, 0.1) is 12.7 Å². The van der Waals surface area contributed by atoms with Gasteiger partial charge in [-0.25, -0.2) is 22.5 Å². The average molecular weight is 422 g/mol. The number of halogens is 2. The highest BCUT2D eigenvalue weighted by Gasteiger charge is 2.25. The Morgan fingerprint density at radius 3 is 2.59 bits per heavy atom. The molecule has 0 aliphatic heterocycles. The fourth-order valence-corrected chi connectivity index (χ4v) is 3.81. The summed E-state index contributed by atoms with van der Waals surface area (Å²) in [6.45, 7) is 1.23. The Bertz CT molecular complexity index is 1180. The van der Waals surface area contributed by atoms with Crippen LogP contribution in [0.15, 0.2) is 53.7 Å². The number of hydrogen-bond acceptors (Lipinski definition) is 6. The molecule has 3 aromatic rings. The second kappa shape index (κ2) is 8.00. The quantitative estimate of drug-likeness (QED) is 0.568. The topological polar surface area (TPSA) is 87.5 Å². The van der Waals surface area contributed by atoms with Crippen molar-refractivity contribution in [3.05, 3.63) is 77.1 Å². The third kappa shape index (κ3) is 4.27. The van der Waals surface area contributed by atoms with Gasteiger partial charge in [-0.05, 0) is 31.2 Å². The smallest absolute Gasteiger partial charge is 0.339 e. The number of methoxy groups -OCH3 is 1. The summed E-state index contributed by atoms with van der Waals surface area (Å²) in [5.41, 5.74) is 0.394. The third-order valence-electron chi connectivity index (χ3n) is 3.95. The SMILES string of the molecule is COC(=O)c1cc(OCc2ccc(F)cc2F)n(S(=O)(=O)c2cccc(C)n2)c1. The van der Waals surface area contributed by atoms with E-state index in [2.05, 4.69) is 9.72 Å². The van der Waals surface area contributed by atoms with Crippen molar-refractivity contribution in [1.29, 1.82) is 0 Å². The summed E-state index contributed by atoms with van der Waals surface area (Å²) in [6.07, 6.45) is 1.03. The highest BCUT2D eigenvalue weighted by atomic mass is 32.2. The van der Waals surface area contributed by atoms with Crippen LogP contribution in [0.25, 0.3) is 0 Å². The van der Waals surface area contributed by atoms with Gasteiger partial charge in [0, 0.05) is 29.6 Å². The van der Waals surface area contributed by atoms with Crippen LogP contribution in [0.4, 0.5) is 8.78 Å². The molecule has 0 unspecified atom stereocenters. The van der Waals surface area contributed by atoms with Crippen LogP contribution in [-0.2, 0) is 21.4 Å². The fourth-order valence-electron chi connectivity index (χ4n) is 2.50. The summed E-state index contributed by atoms with van der Waals surface area (Å²) in [5, 5.41) is -0.262. The first-order valence-corrected chi connectivity index (χ1v) is 9.73. The van der Waals surface area contributed by atoms with Crippen molar-refractivity contribution in [1.82, 2.24) is 8.96 Å². The van der Waals surface area contributed by atoms with Gasteiger partial charge in [0.1, 0.15) is 18.2 Å². The second-order valence-electron chi connectivity index (χ2n) is 6.00. The van der Waals surface area contributed by atoms with Gasteiger partial charge in [0.2, 0.25) is 5.88 Å². The fraction of sp³-hybridized carbons (Fsp3) is 0.158. The molecule has 0 saturated heterocycles. The van der Waals surface area contributed by atoms with E-state index in [1.807, 2.05) is 0 Å². The standard InChI is InChI=1S/C19H16F2N2O5S/c1-12-4-3-5-17(22-12)29(25,26)23-10-14(19(24)27-2)8-18(23)28-11-13-6-7-15(20)9-16(13)21/h3-10H,11H2,1-2H3. The number of esters is 1. The van der Waals surface area contributed by atoms with Crippen LogP contribution in [0.3, 0.4) is 0 Å². The van der Waals surface area contributed by atoms with E-state index >= 15 is 0 Å². The molecule has 0 saturated carbocycles. The molecule has 0 aliphatic carbocycles. The molecule has 0 spiro atoms. The van der Waals surface area contributed by atoms with Gasteiger partial charge in [0.25, 0.3) is 10.0 Å². The lowest BCUT2D eigenvalue weighted by Crippen LogP contribution is -2.16. The molecular weight excluding hydrogens is 406 g/mol. The van der Waals surface area contributed by atoms with Gasteiger partial charge in [-0.15, -0.1) is 0 Å². The number of nitrogens with zero attached hydrogens (tertiary/aromatic N) is 2. The van der Waals surface area contributed by atoms with Gasteiger partial charge in [-0.1, -0.05) is 6.07 Å². The minimum atomic E-state index is -4.22. The number of ether oxygens (including phenoxy) is 2. The van der Waals surface area contributed by atoms with E-state index in [4.69, 9.17) is 4.74 Å². The number of carbonyl (C=O) groups is 1. The molecule has 152 valence electrons. The molecule has 0 bridgehead atoms. The molecule has 10 heteroatoms. The first-order valence-electron chi connectivity index (χ1n) is 8.29. The van der Waals surface area contributed by atoms with Gasteiger partial charge < -0.3 is 9.47 Å². The highest BCUT2D eigenvalue weighted by Crippen LogP contribution is 2.25.